The Morgan fingerprint density at radius 3 is 1.86 bits per heavy atom. The number of nitrogens with one attached hydrogen (secondary N) is 5. The van der Waals surface area contributed by atoms with Crippen LogP contribution < -0.4 is 38.1 Å². The summed E-state index contributed by atoms with van der Waals surface area (Å²) in [6.45, 7) is 5.04. The van der Waals surface area contributed by atoms with Gasteiger partial charge < -0.3 is 41.6 Å². The van der Waals surface area contributed by atoms with Gasteiger partial charge in [-0.2, -0.15) is 0 Å². The van der Waals surface area contributed by atoms with E-state index in [1.54, 1.807) is 26.1 Å². The van der Waals surface area contributed by atoms with Crippen molar-refractivity contribution < 1.29 is 43.0 Å². The lowest BCUT2D eigenvalue weighted by atomic mass is 10.2. The maximum absolute atomic E-state index is 11.9. The van der Waals surface area contributed by atoms with Crippen LogP contribution in [0, 0.1) is 0 Å². The second-order valence-corrected chi connectivity index (χ2v) is 8.11. The van der Waals surface area contributed by atoms with E-state index < -0.39 is 48.0 Å². The summed E-state index contributed by atoms with van der Waals surface area (Å²) in [5.74, 6) is 0. The standard InChI is InChI=1S/C19H35N7O9/c1-19(2,3)35-18(32)24-12(10-33-14(21)28)11-34-17(31)23-9-7-5-4-6-8-22-15(29)26-16(30)25-13(20)27/h12H,4-11H2,1-3H3,(H2,21,28)(H,23,31)(H,24,32)(H5,20,22,25,26,27,29,30). The summed E-state index contributed by atoms with van der Waals surface area (Å²) in [4.78, 5) is 67.5. The number of rotatable bonds is 12. The van der Waals surface area contributed by atoms with Crippen molar-refractivity contribution >= 4 is 36.4 Å². The van der Waals surface area contributed by atoms with Crippen LogP contribution in [0.15, 0.2) is 0 Å². The van der Waals surface area contributed by atoms with Crippen molar-refractivity contribution in [2.24, 2.45) is 11.5 Å². The molecule has 0 aliphatic rings. The zero-order valence-electron chi connectivity index (χ0n) is 20.1. The van der Waals surface area contributed by atoms with Gasteiger partial charge in [-0.3, -0.25) is 10.6 Å². The van der Waals surface area contributed by atoms with Crippen LogP contribution in [0.25, 0.3) is 0 Å². The summed E-state index contributed by atoms with van der Waals surface area (Å²) in [5, 5.41) is 11.0. The molecule has 0 aromatic heterocycles. The number of carbonyl (C=O) groups is 6. The van der Waals surface area contributed by atoms with Crippen LogP contribution in [0.2, 0.25) is 0 Å². The molecule has 0 fully saturated rings. The normalized spacial score (nSPS) is 11.3. The molecule has 16 heteroatoms. The molecule has 0 spiro atoms. The van der Waals surface area contributed by atoms with Gasteiger partial charge in [0.15, 0.2) is 0 Å². The van der Waals surface area contributed by atoms with Crippen LogP contribution in [-0.2, 0) is 14.2 Å². The summed E-state index contributed by atoms with van der Waals surface area (Å²) >= 11 is 0. The topological polar surface area (TPSA) is 242 Å². The van der Waals surface area contributed by atoms with Gasteiger partial charge in [0.05, 0.1) is 0 Å². The van der Waals surface area contributed by atoms with E-state index in [-0.39, 0.29) is 13.2 Å². The first-order valence-electron chi connectivity index (χ1n) is 10.8. The molecule has 16 nitrogen and oxygen atoms in total. The average Bonchev–Trinajstić information content (AvgIpc) is 2.69. The van der Waals surface area contributed by atoms with Gasteiger partial charge in [-0.05, 0) is 33.6 Å². The number of hydrogen-bond donors (Lipinski definition) is 7. The number of ether oxygens (including phenoxy) is 3. The number of unbranched alkanes of at least 4 members (excludes halogenated alkanes) is 3. The van der Waals surface area contributed by atoms with E-state index in [9.17, 15) is 28.8 Å². The molecule has 0 aliphatic carbocycles. The first kappa shape index (κ1) is 31.0. The number of hydrogen-bond acceptors (Lipinski definition) is 9. The Morgan fingerprint density at radius 2 is 1.31 bits per heavy atom. The lowest BCUT2D eigenvalue weighted by Gasteiger charge is -2.23. The molecule has 0 rings (SSSR count). The van der Waals surface area contributed by atoms with Crippen molar-refractivity contribution in [1.82, 2.24) is 26.6 Å². The van der Waals surface area contributed by atoms with Crippen LogP contribution in [0.1, 0.15) is 46.5 Å². The Morgan fingerprint density at radius 1 is 0.743 bits per heavy atom. The Balaban J connectivity index is 4.02. The van der Waals surface area contributed by atoms with Gasteiger partial charge in [-0.1, -0.05) is 12.8 Å². The van der Waals surface area contributed by atoms with E-state index in [1.807, 2.05) is 5.32 Å². The smallest absolute Gasteiger partial charge is 0.408 e. The van der Waals surface area contributed by atoms with Crippen molar-refractivity contribution in [1.29, 1.82) is 0 Å². The largest absolute Gasteiger partial charge is 0.447 e. The molecule has 0 aliphatic heterocycles. The van der Waals surface area contributed by atoms with E-state index in [1.165, 1.54) is 0 Å². The number of primary amides is 2. The molecule has 0 heterocycles. The third kappa shape index (κ3) is 20.4. The molecular weight excluding hydrogens is 470 g/mol. The number of alkyl carbamates (subject to hydrolysis) is 2. The molecule has 200 valence electrons. The molecule has 0 saturated carbocycles. The van der Waals surface area contributed by atoms with Gasteiger partial charge in [-0.25, -0.2) is 28.8 Å². The average molecular weight is 506 g/mol. The lowest BCUT2D eigenvalue weighted by molar-refractivity contribution is 0.0419. The third-order valence-electron chi connectivity index (χ3n) is 3.69. The van der Waals surface area contributed by atoms with Crippen LogP contribution in [-0.4, -0.2) is 74.3 Å². The second-order valence-electron chi connectivity index (χ2n) is 8.11. The number of carbonyl (C=O) groups excluding carboxylic acids is 6. The fourth-order valence-electron chi connectivity index (χ4n) is 2.30. The van der Waals surface area contributed by atoms with Crippen molar-refractivity contribution in [3.63, 3.8) is 0 Å². The Hall–Kier alpha value is -3.98. The molecule has 0 bridgehead atoms. The summed E-state index contributed by atoms with van der Waals surface area (Å²) in [6.07, 6.45) is 0.167. The van der Waals surface area contributed by atoms with Crippen molar-refractivity contribution in [3.05, 3.63) is 0 Å². The van der Waals surface area contributed by atoms with E-state index in [2.05, 4.69) is 20.7 Å². The first-order chi connectivity index (χ1) is 16.3. The Bertz CT molecular complexity index is 741. The molecular formula is C19H35N7O9. The zero-order valence-corrected chi connectivity index (χ0v) is 20.1. The highest BCUT2D eigenvalue weighted by Crippen LogP contribution is 2.07. The minimum Gasteiger partial charge on any atom is -0.447 e. The van der Waals surface area contributed by atoms with Crippen LogP contribution >= 0.6 is 0 Å². The number of imide groups is 2. The van der Waals surface area contributed by atoms with Crippen LogP contribution in [0.5, 0.6) is 0 Å². The highest BCUT2D eigenvalue weighted by molar-refractivity contribution is 6.00. The molecule has 1 unspecified atom stereocenters. The van der Waals surface area contributed by atoms with Gasteiger partial charge in [-0.15, -0.1) is 0 Å². The Labute approximate surface area is 202 Å². The third-order valence-corrected chi connectivity index (χ3v) is 3.69. The molecule has 0 radical (unpaired) electrons. The maximum atomic E-state index is 11.9. The van der Waals surface area contributed by atoms with Crippen molar-refractivity contribution in [3.8, 4) is 0 Å². The predicted octanol–water partition coefficient (Wildman–Crippen LogP) is 0.349. The SMILES string of the molecule is CC(C)(C)OC(=O)NC(COC(N)=O)COC(=O)NCCCCCCNC(=O)NC(=O)NC(N)=O. The molecule has 1 atom stereocenters. The van der Waals surface area contributed by atoms with Gasteiger partial charge in [0.25, 0.3) is 0 Å². The highest BCUT2D eigenvalue weighted by Gasteiger charge is 2.21. The molecule has 9 amide bonds. The maximum Gasteiger partial charge on any atom is 0.408 e. The fourth-order valence-corrected chi connectivity index (χ4v) is 2.30. The van der Waals surface area contributed by atoms with Gasteiger partial charge >= 0.3 is 36.4 Å². The Kier molecular flexibility index (Phi) is 14.7. The van der Waals surface area contributed by atoms with E-state index >= 15 is 0 Å². The van der Waals surface area contributed by atoms with E-state index in [0.717, 1.165) is 12.8 Å². The lowest BCUT2D eigenvalue weighted by Crippen LogP contribution is -2.48. The minimum atomic E-state index is -1.08. The summed E-state index contributed by atoms with van der Waals surface area (Å²) in [7, 11) is 0. The highest BCUT2D eigenvalue weighted by atomic mass is 16.6. The molecule has 35 heavy (non-hydrogen) atoms. The molecule has 9 N–H and O–H groups in total. The monoisotopic (exact) mass is 505 g/mol. The molecule has 0 aromatic carbocycles. The number of amides is 9. The quantitative estimate of drug-likeness (QED) is 0.143. The number of urea groups is 3. The first-order valence-corrected chi connectivity index (χ1v) is 10.8. The molecule has 0 aromatic rings. The van der Waals surface area contributed by atoms with E-state index in [4.69, 9.17) is 20.9 Å². The van der Waals surface area contributed by atoms with E-state index in [0.29, 0.717) is 25.9 Å². The van der Waals surface area contributed by atoms with Crippen LogP contribution in [0.4, 0.5) is 28.8 Å². The second kappa shape index (κ2) is 16.6. The van der Waals surface area contributed by atoms with Gasteiger partial charge in [0.2, 0.25) is 0 Å². The summed E-state index contributed by atoms with van der Waals surface area (Å²) in [6, 6.07) is -3.74. The van der Waals surface area contributed by atoms with Gasteiger partial charge in [0.1, 0.15) is 24.9 Å². The zero-order chi connectivity index (χ0) is 26.9. The number of nitrogens with two attached hydrogens (primary N) is 2. The van der Waals surface area contributed by atoms with Crippen molar-refractivity contribution in [2.45, 2.75) is 58.1 Å². The molecule has 0 saturated heterocycles. The van der Waals surface area contributed by atoms with Crippen LogP contribution in [0.3, 0.4) is 0 Å². The van der Waals surface area contributed by atoms with Gasteiger partial charge in [0, 0.05) is 13.1 Å². The minimum absolute atomic E-state index is 0.288. The summed E-state index contributed by atoms with van der Waals surface area (Å²) in [5.41, 5.74) is 8.91. The fraction of sp³-hybridized carbons (Fsp3) is 0.684. The van der Waals surface area contributed by atoms with Crippen molar-refractivity contribution in [2.75, 3.05) is 26.3 Å². The predicted molar refractivity (Wildman–Crippen MR) is 121 cm³/mol. The summed E-state index contributed by atoms with van der Waals surface area (Å²) < 4.78 is 14.8.